The van der Waals surface area contributed by atoms with Gasteiger partial charge < -0.3 is 10.1 Å². The van der Waals surface area contributed by atoms with Gasteiger partial charge >= 0.3 is 0 Å². The van der Waals surface area contributed by atoms with Gasteiger partial charge in [0, 0.05) is 5.69 Å². The Morgan fingerprint density at radius 3 is 2.86 bits per heavy atom. The lowest BCUT2D eigenvalue weighted by atomic mass is 9.95. The zero-order chi connectivity index (χ0) is 19.9. The Bertz CT molecular complexity index is 892. The van der Waals surface area contributed by atoms with Crippen LogP contribution in [0.5, 0.6) is 5.75 Å². The maximum Gasteiger partial charge on any atom is 0.238 e. The summed E-state index contributed by atoms with van der Waals surface area (Å²) in [4.78, 5) is 17.6. The van der Waals surface area contributed by atoms with Crippen LogP contribution in [0.4, 0.5) is 5.69 Å². The molecular formula is C22H25N3O2S. The second-order valence-corrected chi connectivity index (χ2v) is 7.89. The van der Waals surface area contributed by atoms with E-state index in [4.69, 9.17) is 9.72 Å². The number of rotatable bonds is 7. The van der Waals surface area contributed by atoms with E-state index < -0.39 is 0 Å². The third-order valence-corrected chi connectivity index (χ3v) is 6.11. The van der Waals surface area contributed by atoms with E-state index in [2.05, 4.69) is 11.4 Å². The number of thioether (sulfide) groups is 1. The van der Waals surface area contributed by atoms with Gasteiger partial charge in [-0.3, -0.25) is 4.79 Å². The van der Waals surface area contributed by atoms with Crippen molar-refractivity contribution in [2.45, 2.75) is 56.2 Å². The second-order valence-electron chi connectivity index (χ2n) is 6.70. The molecule has 0 bridgehead atoms. The van der Waals surface area contributed by atoms with E-state index in [1.165, 1.54) is 17.3 Å². The Labute approximate surface area is 170 Å². The van der Waals surface area contributed by atoms with Crippen LogP contribution in [0, 0.1) is 11.3 Å². The molecule has 5 nitrogen and oxygen atoms in total. The monoisotopic (exact) mass is 395 g/mol. The molecule has 0 spiro atoms. The number of carbonyl (C=O) groups excluding carboxylic acids is 1. The lowest BCUT2D eigenvalue weighted by Gasteiger charge is -2.19. The summed E-state index contributed by atoms with van der Waals surface area (Å²) in [6.07, 6.45) is 4.83. The predicted molar refractivity (Wildman–Crippen MR) is 112 cm³/mol. The Morgan fingerprint density at radius 1 is 1.32 bits per heavy atom. The lowest BCUT2D eigenvalue weighted by Crippen LogP contribution is -2.25. The van der Waals surface area contributed by atoms with E-state index in [0.29, 0.717) is 35.1 Å². The normalized spacial score (nSPS) is 13.9. The number of para-hydroxylation sites is 2. The fraction of sp³-hybridized carbons (Fsp3) is 0.409. The average molecular weight is 396 g/mol. The van der Waals surface area contributed by atoms with Gasteiger partial charge in [0.25, 0.3) is 0 Å². The third kappa shape index (κ3) is 4.66. The number of hydrogen-bond donors (Lipinski definition) is 1. The zero-order valence-corrected chi connectivity index (χ0v) is 17.1. The maximum atomic E-state index is 12.9. The van der Waals surface area contributed by atoms with Crippen molar-refractivity contribution in [1.29, 1.82) is 5.26 Å². The first-order chi connectivity index (χ1) is 13.7. The van der Waals surface area contributed by atoms with Crippen molar-refractivity contribution in [3.05, 3.63) is 47.2 Å². The van der Waals surface area contributed by atoms with Crippen molar-refractivity contribution in [3.8, 4) is 11.8 Å². The van der Waals surface area contributed by atoms with Gasteiger partial charge in [-0.05, 0) is 62.8 Å². The molecule has 0 radical (unpaired) electrons. The first-order valence-corrected chi connectivity index (χ1v) is 10.7. The van der Waals surface area contributed by atoms with Gasteiger partial charge in [0.15, 0.2) is 0 Å². The molecule has 3 rings (SSSR count). The van der Waals surface area contributed by atoms with E-state index in [-0.39, 0.29) is 11.2 Å². The number of nitriles is 1. The second kappa shape index (κ2) is 9.61. The molecule has 1 aromatic heterocycles. The number of benzene rings is 1. The van der Waals surface area contributed by atoms with Crippen LogP contribution in [0.25, 0.3) is 0 Å². The number of pyridine rings is 1. The minimum atomic E-state index is -0.337. The minimum absolute atomic E-state index is 0.108. The Balaban J connectivity index is 1.79. The summed E-state index contributed by atoms with van der Waals surface area (Å²) >= 11 is 1.37. The number of anilines is 1. The highest BCUT2D eigenvalue weighted by atomic mass is 32.2. The Morgan fingerprint density at radius 2 is 2.11 bits per heavy atom. The van der Waals surface area contributed by atoms with Gasteiger partial charge in [-0.25, -0.2) is 4.98 Å². The molecule has 0 aliphatic heterocycles. The number of ether oxygens (including phenoxy) is 1. The molecule has 1 aromatic carbocycles. The average Bonchev–Trinajstić information content (AvgIpc) is 2.72. The van der Waals surface area contributed by atoms with Crippen molar-refractivity contribution in [2.24, 2.45) is 0 Å². The summed E-state index contributed by atoms with van der Waals surface area (Å²) in [6, 6.07) is 11.6. The van der Waals surface area contributed by atoms with Crippen LogP contribution < -0.4 is 10.1 Å². The van der Waals surface area contributed by atoms with Gasteiger partial charge in [0.1, 0.15) is 16.8 Å². The minimum Gasteiger partial charge on any atom is -0.492 e. The summed E-state index contributed by atoms with van der Waals surface area (Å²) < 4.78 is 5.59. The van der Waals surface area contributed by atoms with Crippen LogP contribution in [-0.2, 0) is 17.6 Å². The quantitative estimate of drug-likeness (QED) is 0.685. The smallest absolute Gasteiger partial charge is 0.238 e. The molecule has 28 heavy (non-hydrogen) atoms. The summed E-state index contributed by atoms with van der Waals surface area (Å²) in [5.74, 6) is 0.547. The van der Waals surface area contributed by atoms with Gasteiger partial charge in [0.2, 0.25) is 5.91 Å². The SMILES string of the molecule is CCOc1ccccc1NC(=O)C(CC)Sc1nc2c(cc1C#N)CCCC2. The lowest BCUT2D eigenvalue weighted by molar-refractivity contribution is -0.115. The number of aryl methyl sites for hydroxylation is 2. The number of nitrogens with zero attached hydrogens (tertiary/aromatic N) is 2. The van der Waals surface area contributed by atoms with Gasteiger partial charge in [-0.1, -0.05) is 30.8 Å². The van der Waals surface area contributed by atoms with E-state index in [1.807, 2.05) is 44.2 Å². The molecule has 1 N–H and O–H groups in total. The van der Waals surface area contributed by atoms with Crippen molar-refractivity contribution >= 4 is 23.4 Å². The van der Waals surface area contributed by atoms with Crippen LogP contribution in [0.1, 0.15) is 49.9 Å². The topological polar surface area (TPSA) is 75.0 Å². The van der Waals surface area contributed by atoms with Crippen LogP contribution in [0.15, 0.2) is 35.4 Å². The summed E-state index contributed by atoms with van der Waals surface area (Å²) in [7, 11) is 0. The molecule has 0 saturated heterocycles. The molecule has 0 fully saturated rings. The standard InChI is InChI=1S/C22H25N3O2S/c1-3-20(21(26)24-18-11-7-8-12-19(18)27-4-2)28-22-16(14-23)13-15-9-5-6-10-17(15)25-22/h7-8,11-13,20H,3-6,9-10H2,1-2H3,(H,24,26). The summed E-state index contributed by atoms with van der Waals surface area (Å²) in [5, 5.41) is 12.8. The summed E-state index contributed by atoms with van der Waals surface area (Å²) in [5.41, 5.74) is 3.47. The van der Waals surface area contributed by atoms with E-state index in [0.717, 1.165) is 31.4 Å². The molecule has 0 saturated carbocycles. The fourth-order valence-electron chi connectivity index (χ4n) is 3.31. The van der Waals surface area contributed by atoms with Crippen molar-refractivity contribution < 1.29 is 9.53 Å². The maximum absolute atomic E-state index is 12.9. The van der Waals surface area contributed by atoms with Crippen molar-refractivity contribution in [3.63, 3.8) is 0 Å². The number of carbonyl (C=O) groups is 1. The van der Waals surface area contributed by atoms with Crippen LogP contribution in [0.2, 0.25) is 0 Å². The molecule has 1 unspecified atom stereocenters. The number of nitrogens with one attached hydrogen (secondary N) is 1. The molecule has 1 heterocycles. The first kappa shape index (κ1) is 20.2. The molecule has 6 heteroatoms. The number of aromatic nitrogens is 1. The first-order valence-electron chi connectivity index (χ1n) is 9.78. The van der Waals surface area contributed by atoms with Crippen molar-refractivity contribution in [2.75, 3.05) is 11.9 Å². The molecule has 146 valence electrons. The zero-order valence-electron chi connectivity index (χ0n) is 16.3. The summed E-state index contributed by atoms with van der Waals surface area (Å²) in [6.45, 7) is 4.41. The molecule has 1 aliphatic carbocycles. The van der Waals surface area contributed by atoms with E-state index >= 15 is 0 Å². The van der Waals surface area contributed by atoms with E-state index in [1.54, 1.807) is 0 Å². The number of hydrogen-bond acceptors (Lipinski definition) is 5. The van der Waals surface area contributed by atoms with Gasteiger partial charge in [-0.2, -0.15) is 5.26 Å². The van der Waals surface area contributed by atoms with Gasteiger partial charge in [-0.15, -0.1) is 0 Å². The van der Waals surface area contributed by atoms with Crippen LogP contribution in [-0.4, -0.2) is 22.7 Å². The molecule has 1 atom stereocenters. The number of amides is 1. The highest BCUT2D eigenvalue weighted by molar-refractivity contribution is 8.00. The Hall–Kier alpha value is -2.52. The highest BCUT2D eigenvalue weighted by Gasteiger charge is 2.23. The van der Waals surface area contributed by atoms with Crippen molar-refractivity contribution in [1.82, 2.24) is 4.98 Å². The van der Waals surface area contributed by atoms with Crippen LogP contribution in [0.3, 0.4) is 0 Å². The molecule has 2 aromatic rings. The predicted octanol–water partition coefficient (Wildman–Crippen LogP) is 4.74. The highest BCUT2D eigenvalue weighted by Crippen LogP contribution is 2.32. The fourth-order valence-corrected chi connectivity index (χ4v) is 4.30. The van der Waals surface area contributed by atoms with Crippen LogP contribution >= 0.6 is 11.8 Å². The van der Waals surface area contributed by atoms with E-state index in [9.17, 15) is 10.1 Å². The Kier molecular flexibility index (Phi) is 6.94. The number of fused-ring (bicyclic) bond motifs is 1. The third-order valence-electron chi connectivity index (χ3n) is 4.75. The molecular weight excluding hydrogens is 370 g/mol. The largest absolute Gasteiger partial charge is 0.492 e. The molecule has 1 aliphatic rings. The molecule has 1 amide bonds. The van der Waals surface area contributed by atoms with Gasteiger partial charge in [0.05, 0.1) is 23.1 Å².